The van der Waals surface area contributed by atoms with Gasteiger partial charge in [0, 0.05) is 12.1 Å². The molecule has 4 nitrogen and oxygen atoms in total. The molecule has 0 aliphatic heterocycles. The lowest BCUT2D eigenvalue weighted by Gasteiger charge is -2.38. The van der Waals surface area contributed by atoms with Crippen LogP contribution in [0.5, 0.6) is 0 Å². The van der Waals surface area contributed by atoms with E-state index in [0.29, 0.717) is 10.5 Å². The zero-order valence-electron chi connectivity index (χ0n) is 9.94. The van der Waals surface area contributed by atoms with E-state index in [-0.39, 0.29) is 12.1 Å². The number of sulfonamides is 1. The maximum Gasteiger partial charge on any atom is 0.241 e. The van der Waals surface area contributed by atoms with Gasteiger partial charge in [0.05, 0.1) is 4.90 Å². The smallest absolute Gasteiger partial charge is 0.241 e. The molecule has 1 aliphatic rings. The van der Waals surface area contributed by atoms with Crippen molar-refractivity contribution in [3.63, 3.8) is 0 Å². The zero-order valence-corrected chi connectivity index (χ0v) is 10.8. The molecular weight excluding hydrogens is 236 g/mol. The molecule has 0 unspecified atom stereocenters. The Morgan fingerprint density at radius 3 is 2.53 bits per heavy atom. The van der Waals surface area contributed by atoms with Gasteiger partial charge in [-0.05, 0) is 37.8 Å². The van der Waals surface area contributed by atoms with Crippen molar-refractivity contribution in [1.29, 1.82) is 0 Å². The molecule has 2 rings (SSSR count). The van der Waals surface area contributed by atoms with Crippen LogP contribution in [-0.2, 0) is 16.6 Å². The van der Waals surface area contributed by atoms with Gasteiger partial charge in [-0.15, -0.1) is 0 Å². The van der Waals surface area contributed by atoms with Crippen molar-refractivity contribution in [2.24, 2.45) is 5.73 Å². The van der Waals surface area contributed by atoms with E-state index in [2.05, 4.69) is 4.72 Å². The summed E-state index contributed by atoms with van der Waals surface area (Å²) in [6.45, 7) is 2.17. The third-order valence-electron chi connectivity index (χ3n) is 3.32. The summed E-state index contributed by atoms with van der Waals surface area (Å²) in [7, 11) is -3.45. The Hall–Kier alpha value is -0.910. The predicted molar refractivity (Wildman–Crippen MR) is 66.9 cm³/mol. The van der Waals surface area contributed by atoms with Crippen LogP contribution >= 0.6 is 0 Å². The van der Waals surface area contributed by atoms with Crippen LogP contribution in [0.4, 0.5) is 0 Å². The Balaban J connectivity index is 2.31. The van der Waals surface area contributed by atoms with E-state index in [1.54, 1.807) is 24.3 Å². The molecular formula is C12H18N2O2S. The van der Waals surface area contributed by atoms with Crippen molar-refractivity contribution in [3.8, 4) is 0 Å². The molecule has 1 aromatic rings. The summed E-state index contributed by atoms with van der Waals surface area (Å²) >= 11 is 0. The molecule has 17 heavy (non-hydrogen) atoms. The second-order valence-corrected chi connectivity index (χ2v) is 6.48. The van der Waals surface area contributed by atoms with Gasteiger partial charge in [0.1, 0.15) is 0 Å². The van der Waals surface area contributed by atoms with Crippen molar-refractivity contribution in [3.05, 3.63) is 29.8 Å². The highest BCUT2D eigenvalue weighted by molar-refractivity contribution is 7.89. The van der Waals surface area contributed by atoms with Crippen LogP contribution in [0.15, 0.2) is 29.2 Å². The first-order valence-corrected chi connectivity index (χ1v) is 7.27. The first-order chi connectivity index (χ1) is 7.97. The van der Waals surface area contributed by atoms with Crippen molar-refractivity contribution in [1.82, 2.24) is 4.72 Å². The second kappa shape index (κ2) is 4.40. The molecule has 3 N–H and O–H groups in total. The van der Waals surface area contributed by atoms with Gasteiger partial charge in [-0.3, -0.25) is 0 Å². The molecule has 0 atom stereocenters. The number of nitrogens with two attached hydrogens (primary N) is 1. The SMILES string of the molecule is CC1(NS(=O)(=O)c2ccccc2CN)CCC1. The lowest BCUT2D eigenvalue weighted by Crippen LogP contribution is -2.50. The fourth-order valence-corrected chi connectivity index (χ4v) is 3.84. The summed E-state index contributed by atoms with van der Waals surface area (Å²) in [5.41, 5.74) is 5.94. The van der Waals surface area contributed by atoms with Gasteiger partial charge in [0.2, 0.25) is 10.0 Å². The average Bonchev–Trinajstić information content (AvgIpc) is 2.26. The summed E-state index contributed by atoms with van der Waals surface area (Å²) in [6, 6.07) is 6.87. The van der Waals surface area contributed by atoms with Crippen LogP contribution in [0.25, 0.3) is 0 Å². The molecule has 1 aromatic carbocycles. The molecule has 0 radical (unpaired) electrons. The van der Waals surface area contributed by atoms with Gasteiger partial charge >= 0.3 is 0 Å². The molecule has 1 fully saturated rings. The van der Waals surface area contributed by atoms with E-state index < -0.39 is 10.0 Å². The van der Waals surface area contributed by atoms with Crippen molar-refractivity contribution in [2.75, 3.05) is 0 Å². The number of nitrogens with one attached hydrogen (secondary N) is 1. The number of rotatable bonds is 4. The molecule has 0 bridgehead atoms. The molecule has 0 amide bonds. The minimum absolute atomic E-state index is 0.230. The third-order valence-corrected chi connectivity index (χ3v) is 5.06. The van der Waals surface area contributed by atoms with Gasteiger partial charge < -0.3 is 5.73 Å². The maximum absolute atomic E-state index is 12.3. The summed E-state index contributed by atoms with van der Waals surface area (Å²) in [5, 5.41) is 0. The Bertz CT molecular complexity index is 507. The van der Waals surface area contributed by atoms with Crippen LogP contribution in [0.3, 0.4) is 0 Å². The lowest BCUT2D eigenvalue weighted by molar-refractivity contribution is 0.248. The normalized spacial score (nSPS) is 18.7. The summed E-state index contributed by atoms with van der Waals surface area (Å²) in [5.74, 6) is 0. The van der Waals surface area contributed by atoms with Crippen molar-refractivity contribution in [2.45, 2.75) is 43.2 Å². The molecule has 94 valence electrons. The Morgan fingerprint density at radius 2 is 2.00 bits per heavy atom. The third kappa shape index (κ3) is 2.51. The Morgan fingerprint density at radius 1 is 1.35 bits per heavy atom. The second-order valence-electron chi connectivity index (χ2n) is 4.83. The van der Waals surface area contributed by atoms with Gasteiger partial charge in [-0.2, -0.15) is 0 Å². The number of hydrogen-bond donors (Lipinski definition) is 2. The first kappa shape index (κ1) is 12.5. The highest BCUT2D eigenvalue weighted by Gasteiger charge is 2.36. The molecule has 0 heterocycles. The lowest BCUT2D eigenvalue weighted by atomic mass is 9.80. The van der Waals surface area contributed by atoms with E-state index in [9.17, 15) is 8.42 Å². The summed E-state index contributed by atoms with van der Waals surface area (Å²) in [4.78, 5) is 0.302. The Kier molecular flexibility index (Phi) is 3.25. The summed E-state index contributed by atoms with van der Waals surface area (Å²) < 4.78 is 27.3. The van der Waals surface area contributed by atoms with Gasteiger partial charge in [-0.25, -0.2) is 13.1 Å². The van der Waals surface area contributed by atoms with E-state index in [4.69, 9.17) is 5.73 Å². The molecule has 0 saturated heterocycles. The van der Waals surface area contributed by atoms with Gasteiger partial charge in [0.15, 0.2) is 0 Å². The van der Waals surface area contributed by atoms with Crippen LogP contribution < -0.4 is 10.5 Å². The molecule has 1 saturated carbocycles. The number of hydrogen-bond acceptors (Lipinski definition) is 3. The Labute approximate surface area is 102 Å². The summed E-state index contributed by atoms with van der Waals surface area (Å²) in [6.07, 6.45) is 2.88. The molecule has 0 aromatic heterocycles. The molecule has 5 heteroatoms. The minimum atomic E-state index is -3.45. The van der Waals surface area contributed by atoms with Crippen molar-refractivity contribution < 1.29 is 8.42 Å². The quantitative estimate of drug-likeness (QED) is 0.852. The van der Waals surface area contributed by atoms with E-state index in [1.165, 1.54) is 0 Å². The van der Waals surface area contributed by atoms with Crippen LogP contribution in [-0.4, -0.2) is 14.0 Å². The van der Waals surface area contributed by atoms with Crippen LogP contribution in [0, 0.1) is 0 Å². The van der Waals surface area contributed by atoms with E-state index in [1.807, 2.05) is 6.92 Å². The van der Waals surface area contributed by atoms with E-state index in [0.717, 1.165) is 19.3 Å². The standard InChI is InChI=1S/C12H18N2O2S/c1-12(7-4-8-12)14-17(15,16)11-6-3-2-5-10(11)9-13/h2-3,5-6,14H,4,7-9,13H2,1H3. The fourth-order valence-electron chi connectivity index (χ4n) is 2.12. The zero-order chi connectivity index (χ0) is 12.5. The minimum Gasteiger partial charge on any atom is -0.326 e. The van der Waals surface area contributed by atoms with Crippen LogP contribution in [0.1, 0.15) is 31.7 Å². The van der Waals surface area contributed by atoms with Gasteiger partial charge in [-0.1, -0.05) is 18.2 Å². The average molecular weight is 254 g/mol. The maximum atomic E-state index is 12.3. The van der Waals surface area contributed by atoms with E-state index >= 15 is 0 Å². The first-order valence-electron chi connectivity index (χ1n) is 5.79. The molecule has 1 aliphatic carbocycles. The fraction of sp³-hybridized carbons (Fsp3) is 0.500. The largest absolute Gasteiger partial charge is 0.326 e. The topological polar surface area (TPSA) is 72.2 Å². The molecule has 0 spiro atoms. The van der Waals surface area contributed by atoms with Gasteiger partial charge in [0.25, 0.3) is 0 Å². The predicted octanol–water partition coefficient (Wildman–Crippen LogP) is 1.37. The van der Waals surface area contributed by atoms with Crippen LogP contribution in [0.2, 0.25) is 0 Å². The highest BCUT2D eigenvalue weighted by atomic mass is 32.2. The monoisotopic (exact) mass is 254 g/mol. The number of benzene rings is 1. The van der Waals surface area contributed by atoms with Crippen molar-refractivity contribution >= 4 is 10.0 Å². The highest BCUT2D eigenvalue weighted by Crippen LogP contribution is 2.32.